The average molecular weight is 467 g/mol. The maximum Gasteiger partial charge on any atom is 0.262 e. The zero-order chi connectivity index (χ0) is 24.5. The van der Waals surface area contributed by atoms with Crippen molar-refractivity contribution in [1.29, 1.82) is 0 Å². The van der Waals surface area contributed by atoms with E-state index in [1.807, 2.05) is 90.6 Å². The van der Waals surface area contributed by atoms with Gasteiger partial charge in [-0.1, -0.05) is 42.5 Å². The molecule has 35 heavy (non-hydrogen) atoms. The highest BCUT2D eigenvalue weighted by Gasteiger charge is 2.10. The van der Waals surface area contributed by atoms with Crippen LogP contribution in [0.3, 0.4) is 0 Å². The Balaban J connectivity index is 1.42. The fraction of sp³-hybridized carbons (Fsp3) is 0.103. The zero-order valence-corrected chi connectivity index (χ0v) is 19.4. The molecule has 6 nitrogen and oxygen atoms in total. The van der Waals surface area contributed by atoms with Gasteiger partial charge in [-0.3, -0.25) is 9.59 Å². The number of benzene rings is 3. The number of ether oxygens (including phenoxy) is 2. The maximum absolute atomic E-state index is 12.7. The van der Waals surface area contributed by atoms with Crippen LogP contribution in [0, 0.1) is 0 Å². The molecule has 3 aromatic carbocycles. The number of carbonyl (C=O) groups is 2. The Hall–Kier alpha value is -4.58. The smallest absolute Gasteiger partial charge is 0.262 e. The van der Waals surface area contributed by atoms with Crippen molar-refractivity contribution in [3.05, 3.63) is 115 Å². The number of nitrogens with one attached hydrogen (secondary N) is 1. The van der Waals surface area contributed by atoms with Gasteiger partial charge < -0.3 is 19.4 Å². The summed E-state index contributed by atoms with van der Waals surface area (Å²) < 4.78 is 13.3. The highest BCUT2D eigenvalue weighted by atomic mass is 16.5. The largest absolute Gasteiger partial charge is 0.490 e. The first-order valence-corrected chi connectivity index (χ1v) is 11.3. The second-order valence-electron chi connectivity index (χ2n) is 7.68. The van der Waals surface area contributed by atoms with Gasteiger partial charge in [0, 0.05) is 29.3 Å². The second kappa shape index (κ2) is 11.5. The minimum absolute atomic E-state index is 0.102. The van der Waals surface area contributed by atoms with Gasteiger partial charge in [-0.05, 0) is 67.1 Å². The number of ketones is 1. The normalized spacial score (nSPS) is 10.8. The van der Waals surface area contributed by atoms with Gasteiger partial charge in [-0.25, -0.2) is 0 Å². The van der Waals surface area contributed by atoms with E-state index in [0.717, 1.165) is 11.3 Å². The molecule has 0 atom stereocenters. The van der Waals surface area contributed by atoms with Gasteiger partial charge in [-0.15, -0.1) is 0 Å². The lowest BCUT2D eigenvalue weighted by Crippen LogP contribution is -2.20. The molecule has 1 amide bonds. The van der Waals surface area contributed by atoms with Crippen LogP contribution < -0.4 is 14.8 Å². The minimum atomic E-state index is -0.268. The molecule has 0 aliphatic rings. The van der Waals surface area contributed by atoms with Crippen LogP contribution in [0.4, 0.5) is 5.69 Å². The van der Waals surface area contributed by atoms with Crippen molar-refractivity contribution in [3.8, 4) is 17.2 Å². The van der Waals surface area contributed by atoms with Gasteiger partial charge in [-0.2, -0.15) is 0 Å². The van der Waals surface area contributed by atoms with Crippen LogP contribution in [0.5, 0.6) is 11.5 Å². The summed E-state index contributed by atoms with van der Waals surface area (Å²) in [6, 6.07) is 25.9. The highest BCUT2D eigenvalue weighted by Crippen LogP contribution is 2.29. The van der Waals surface area contributed by atoms with E-state index < -0.39 is 0 Å². The van der Waals surface area contributed by atoms with Gasteiger partial charge in [0.25, 0.3) is 5.91 Å². The Morgan fingerprint density at radius 3 is 2.43 bits per heavy atom. The summed E-state index contributed by atoms with van der Waals surface area (Å²) >= 11 is 0. The molecule has 0 aliphatic heterocycles. The Morgan fingerprint density at radius 2 is 1.66 bits per heavy atom. The molecule has 1 N–H and O–H groups in total. The number of amides is 1. The van der Waals surface area contributed by atoms with Gasteiger partial charge in [0.05, 0.1) is 6.61 Å². The van der Waals surface area contributed by atoms with E-state index in [1.165, 1.54) is 6.08 Å². The molecular formula is C29H26N2O4. The Kier molecular flexibility index (Phi) is 7.76. The van der Waals surface area contributed by atoms with Crippen LogP contribution in [0.25, 0.3) is 11.8 Å². The van der Waals surface area contributed by atoms with E-state index in [1.54, 1.807) is 24.3 Å². The van der Waals surface area contributed by atoms with Crippen LogP contribution in [0.15, 0.2) is 103 Å². The standard InChI is InChI=1S/C29H26N2O4/c1-2-34-28-19-22(14-16-27(28)35-21-29(33)30-24-10-4-3-5-11-24)13-15-26(32)23-9-8-12-25(20-23)31-17-6-7-18-31/h3-20H,2,21H2,1H3,(H,30,33)/b15-13+. The molecule has 0 radical (unpaired) electrons. The summed E-state index contributed by atoms with van der Waals surface area (Å²) in [6.07, 6.45) is 7.14. The molecule has 0 bridgehead atoms. The molecule has 0 fully saturated rings. The molecule has 4 aromatic rings. The third kappa shape index (κ3) is 6.48. The Bertz CT molecular complexity index is 1310. The quantitative estimate of drug-likeness (QED) is 0.237. The van der Waals surface area contributed by atoms with Gasteiger partial charge >= 0.3 is 0 Å². The Morgan fingerprint density at radius 1 is 0.857 bits per heavy atom. The predicted molar refractivity (Wildman–Crippen MR) is 137 cm³/mol. The lowest BCUT2D eigenvalue weighted by Gasteiger charge is -2.13. The van der Waals surface area contributed by atoms with E-state index in [9.17, 15) is 9.59 Å². The molecular weight excluding hydrogens is 440 g/mol. The van der Waals surface area contributed by atoms with Crippen molar-refractivity contribution in [2.45, 2.75) is 6.92 Å². The second-order valence-corrected chi connectivity index (χ2v) is 7.68. The minimum Gasteiger partial charge on any atom is -0.490 e. The lowest BCUT2D eigenvalue weighted by molar-refractivity contribution is -0.118. The number of para-hydroxylation sites is 1. The van der Waals surface area contributed by atoms with E-state index in [2.05, 4.69) is 5.32 Å². The topological polar surface area (TPSA) is 69.6 Å². The number of hydrogen-bond donors (Lipinski definition) is 1. The predicted octanol–water partition coefficient (Wildman–Crippen LogP) is 5.79. The molecule has 0 unspecified atom stereocenters. The van der Waals surface area contributed by atoms with Gasteiger partial charge in [0.2, 0.25) is 0 Å². The summed E-state index contributed by atoms with van der Waals surface area (Å²) in [4.78, 5) is 25.0. The van der Waals surface area contributed by atoms with Gasteiger partial charge in [0.15, 0.2) is 23.9 Å². The van der Waals surface area contributed by atoms with Crippen molar-refractivity contribution in [3.63, 3.8) is 0 Å². The molecule has 1 heterocycles. The number of hydrogen-bond acceptors (Lipinski definition) is 4. The lowest BCUT2D eigenvalue weighted by atomic mass is 10.1. The fourth-order valence-electron chi connectivity index (χ4n) is 3.47. The number of nitrogens with zero attached hydrogens (tertiary/aromatic N) is 1. The van der Waals surface area contributed by atoms with Crippen LogP contribution in [0.1, 0.15) is 22.8 Å². The van der Waals surface area contributed by atoms with Crippen molar-refractivity contribution in [2.24, 2.45) is 0 Å². The van der Waals surface area contributed by atoms with Crippen molar-refractivity contribution in [1.82, 2.24) is 4.57 Å². The molecule has 176 valence electrons. The number of allylic oxidation sites excluding steroid dienone is 1. The summed E-state index contributed by atoms with van der Waals surface area (Å²) in [6.45, 7) is 2.15. The monoisotopic (exact) mass is 466 g/mol. The van der Waals surface area contributed by atoms with Crippen molar-refractivity contribution in [2.75, 3.05) is 18.5 Å². The van der Waals surface area contributed by atoms with Crippen LogP contribution in [-0.2, 0) is 4.79 Å². The molecule has 1 aromatic heterocycles. The summed E-state index contributed by atoms with van der Waals surface area (Å²) in [5.41, 5.74) is 3.01. The molecule has 0 saturated heterocycles. The number of aromatic nitrogens is 1. The first kappa shape index (κ1) is 23.6. The van der Waals surface area contributed by atoms with Crippen LogP contribution in [0.2, 0.25) is 0 Å². The SMILES string of the molecule is CCOc1cc(/C=C/C(=O)c2cccc(-n3cccc3)c2)ccc1OCC(=O)Nc1ccccc1. The highest BCUT2D eigenvalue weighted by molar-refractivity contribution is 6.07. The van der Waals surface area contributed by atoms with E-state index in [0.29, 0.717) is 29.4 Å². The van der Waals surface area contributed by atoms with E-state index in [4.69, 9.17) is 9.47 Å². The molecule has 0 spiro atoms. The van der Waals surface area contributed by atoms with Gasteiger partial charge in [0.1, 0.15) is 0 Å². The molecule has 6 heteroatoms. The molecule has 0 saturated carbocycles. The first-order valence-electron chi connectivity index (χ1n) is 11.3. The third-order valence-corrected chi connectivity index (χ3v) is 5.14. The van der Waals surface area contributed by atoms with Crippen molar-refractivity contribution >= 4 is 23.5 Å². The number of anilines is 1. The summed E-state index contributed by atoms with van der Waals surface area (Å²) in [5, 5.41) is 2.78. The third-order valence-electron chi connectivity index (χ3n) is 5.14. The van der Waals surface area contributed by atoms with E-state index in [-0.39, 0.29) is 18.3 Å². The molecule has 4 rings (SSSR count). The molecule has 0 aliphatic carbocycles. The first-order chi connectivity index (χ1) is 17.1. The Labute approximate surface area is 204 Å². The van der Waals surface area contributed by atoms with Crippen molar-refractivity contribution < 1.29 is 19.1 Å². The summed E-state index contributed by atoms with van der Waals surface area (Å²) in [7, 11) is 0. The average Bonchev–Trinajstić information content (AvgIpc) is 3.43. The number of carbonyl (C=O) groups excluding carboxylic acids is 2. The fourth-order valence-corrected chi connectivity index (χ4v) is 3.47. The number of rotatable bonds is 10. The maximum atomic E-state index is 12.7. The summed E-state index contributed by atoms with van der Waals surface area (Å²) in [5.74, 6) is 0.590. The van der Waals surface area contributed by atoms with Crippen LogP contribution >= 0.6 is 0 Å². The van der Waals surface area contributed by atoms with E-state index >= 15 is 0 Å². The zero-order valence-electron chi connectivity index (χ0n) is 19.4. The van der Waals surface area contributed by atoms with Crippen LogP contribution in [-0.4, -0.2) is 29.5 Å².